The lowest BCUT2D eigenvalue weighted by Gasteiger charge is -2.16. The van der Waals surface area contributed by atoms with Gasteiger partial charge in [-0.3, -0.25) is 4.79 Å². The molecule has 3 nitrogen and oxygen atoms in total. The number of carbonyl (C=O) groups excluding carboxylic acids is 1. The third kappa shape index (κ3) is 3.26. The summed E-state index contributed by atoms with van der Waals surface area (Å²) in [5.41, 5.74) is 2.12. The molecule has 1 aromatic heterocycles. The van der Waals surface area contributed by atoms with Crippen LogP contribution in [0, 0.1) is 6.92 Å². The number of hydrogen-bond acceptors (Lipinski definition) is 3. The van der Waals surface area contributed by atoms with E-state index in [-0.39, 0.29) is 18.6 Å². The molecule has 1 atom stereocenters. The molecule has 1 aromatic carbocycles. The first-order chi connectivity index (χ1) is 9.65. The molecule has 0 bridgehead atoms. The van der Waals surface area contributed by atoms with Gasteiger partial charge in [0, 0.05) is 4.88 Å². The molecule has 0 radical (unpaired) electrons. The number of thiophene rings is 1. The number of rotatable bonds is 5. The summed E-state index contributed by atoms with van der Waals surface area (Å²) in [5.74, 6) is -0.124. The van der Waals surface area contributed by atoms with Crippen LogP contribution >= 0.6 is 11.3 Å². The average molecular weight is 289 g/mol. The van der Waals surface area contributed by atoms with Gasteiger partial charge in [-0.15, -0.1) is 11.3 Å². The van der Waals surface area contributed by atoms with E-state index in [1.54, 1.807) is 0 Å². The largest absolute Gasteiger partial charge is 0.394 e. The van der Waals surface area contributed by atoms with Gasteiger partial charge in [-0.25, -0.2) is 0 Å². The number of amides is 1. The predicted octanol–water partition coefficient (Wildman–Crippen LogP) is 3.08. The number of hydrogen-bond donors (Lipinski definition) is 2. The van der Waals surface area contributed by atoms with E-state index in [1.807, 2.05) is 43.3 Å². The van der Waals surface area contributed by atoms with Crippen LogP contribution in [-0.4, -0.2) is 17.6 Å². The lowest BCUT2D eigenvalue weighted by atomic mass is 10.1. The highest BCUT2D eigenvalue weighted by Gasteiger charge is 2.17. The van der Waals surface area contributed by atoms with Crippen LogP contribution in [0.5, 0.6) is 0 Å². The Morgan fingerprint density at radius 1 is 1.35 bits per heavy atom. The van der Waals surface area contributed by atoms with Crippen molar-refractivity contribution in [3.8, 4) is 0 Å². The summed E-state index contributed by atoms with van der Waals surface area (Å²) >= 11 is 1.50. The van der Waals surface area contributed by atoms with Crippen LogP contribution in [0.15, 0.2) is 36.4 Å². The Bertz CT molecular complexity index is 577. The standard InChI is InChI=1S/C16H19NO2S/c1-3-12-9-15(20-11(12)2)16(19)17-14(10-18)13-7-5-4-6-8-13/h4-9,14,18H,3,10H2,1-2H3,(H,17,19)/t14-/m0/s1. The van der Waals surface area contributed by atoms with E-state index >= 15 is 0 Å². The molecule has 0 aliphatic rings. The molecule has 1 amide bonds. The zero-order chi connectivity index (χ0) is 14.5. The van der Waals surface area contributed by atoms with E-state index < -0.39 is 0 Å². The Kier molecular flexibility index (Phi) is 4.93. The molecule has 20 heavy (non-hydrogen) atoms. The first-order valence-electron chi connectivity index (χ1n) is 6.71. The summed E-state index contributed by atoms with van der Waals surface area (Å²) in [6.07, 6.45) is 0.928. The average Bonchev–Trinajstić information content (AvgIpc) is 2.86. The third-order valence-corrected chi connectivity index (χ3v) is 4.41. The van der Waals surface area contributed by atoms with Crippen molar-refractivity contribution in [2.45, 2.75) is 26.3 Å². The highest BCUT2D eigenvalue weighted by Crippen LogP contribution is 2.23. The molecule has 2 rings (SSSR count). The molecule has 1 heterocycles. The maximum absolute atomic E-state index is 12.3. The summed E-state index contributed by atoms with van der Waals surface area (Å²) in [6.45, 7) is 4.00. The van der Waals surface area contributed by atoms with Crippen molar-refractivity contribution >= 4 is 17.2 Å². The van der Waals surface area contributed by atoms with Gasteiger partial charge >= 0.3 is 0 Å². The Balaban J connectivity index is 2.13. The van der Waals surface area contributed by atoms with Crippen LogP contribution < -0.4 is 5.32 Å². The number of carbonyl (C=O) groups is 1. The van der Waals surface area contributed by atoms with Crippen molar-refractivity contribution in [1.29, 1.82) is 0 Å². The minimum Gasteiger partial charge on any atom is -0.394 e. The lowest BCUT2D eigenvalue weighted by Crippen LogP contribution is -2.30. The van der Waals surface area contributed by atoms with Crippen LogP contribution in [0.1, 0.15) is 38.6 Å². The van der Waals surface area contributed by atoms with Gasteiger partial charge in [-0.2, -0.15) is 0 Å². The van der Waals surface area contributed by atoms with E-state index in [0.717, 1.165) is 12.0 Å². The maximum atomic E-state index is 12.3. The smallest absolute Gasteiger partial charge is 0.261 e. The van der Waals surface area contributed by atoms with Gasteiger partial charge in [-0.1, -0.05) is 37.3 Å². The fourth-order valence-corrected chi connectivity index (χ4v) is 3.15. The molecule has 0 saturated heterocycles. The van der Waals surface area contributed by atoms with E-state index in [0.29, 0.717) is 4.88 Å². The van der Waals surface area contributed by atoms with Gasteiger partial charge in [0.1, 0.15) is 0 Å². The van der Waals surface area contributed by atoms with E-state index in [1.165, 1.54) is 21.8 Å². The first kappa shape index (κ1) is 14.8. The fraction of sp³-hybridized carbons (Fsp3) is 0.312. The predicted molar refractivity (Wildman–Crippen MR) is 82.2 cm³/mol. The highest BCUT2D eigenvalue weighted by atomic mass is 32.1. The lowest BCUT2D eigenvalue weighted by molar-refractivity contribution is 0.0920. The van der Waals surface area contributed by atoms with E-state index in [4.69, 9.17) is 0 Å². The van der Waals surface area contributed by atoms with Gasteiger partial charge in [-0.05, 0) is 30.5 Å². The Morgan fingerprint density at radius 3 is 2.60 bits per heavy atom. The fourth-order valence-electron chi connectivity index (χ4n) is 2.13. The summed E-state index contributed by atoms with van der Waals surface area (Å²) < 4.78 is 0. The van der Waals surface area contributed by atoms with Crippen molar-refractivity contribution in [3.05, 3.63) is 57.3 Å². The SMILES string of the molecule is CCc1cc(C(=O)N[C@@H](CO)c2ccccc2)sc1C. The second-order valence-corrected chi connectivity index (χ2v) is 5.92. The molecule has 4 heteroatoms. The van der Waals surface area contributed by atoms with E-state index in [2.05, 4.69) is 12.2 Å². The molecule has 0 spiro atoms. The van der Waals surface area contributed by atoms with Crippen molar-refractivity contribution in [2.75, 3.05) is 6.61 Å². The van der Waals surface area contributed by atoms with Gasteiger partial charge in [0.25, 0.3) is 5.91 Å². The quantitative estimate of drug-likeness (QED) is 0.888. The first-order valence-corrected chi connectivity index (χ1v) is 7.53. The second-order valence-electron chi connectivity index (χ2n) is 4.66. The third-order valence-electron chi connectivity index (χ3n) is 3.32. The molecule has 0 fully saturated rings. The molecular formula is C16H19NO2S. The molecule has 0 unspecified atom stereocenters. The van der Waals surface area contributed by atoms with Gasteiger partial charge in [0.15, 0.2) is 0 Å². The van der Waals surface area contributed by atoms with Crippen molar-refractivity contribution in [2.24, 2.45) is 0 Å². The van der Waals surface area contributed by atoms with Gasteiger partial charge < -0.3 is 10.4 Å². The molecule has 2 aromatic rings. The molecule has 0 aliphatic heterocycles. The molecule has 0 aliphatic carbocycles. The normalized spacial score (nSPS) is 12.2. The Labute approximate surface area is 123 Å². The van der Waals surface area contributed by atoms with Crippen LogP contribution in [0.4, 0.5) is 0 Å². The number of aliphatic hydroxyl groups is 1. The highest BCUT2D eigenvalue weighted by molar-refractivity contribution is 7.14. The topological polar surface area (TPSA) is 49.3 Å². The summed E-state index contributed by atoms with van der Waals surface area (Å²) in [6, 6.07) is 11.1. The van der Waals surface area contributed by atoms with Crippen LogP contribution in [-0.2, 0) is 6.42 Å². The monoisotopic (exact) mass is 289 g/mol. The van der Waals surface area contributed by atoms with Crippen LogP contribution in [0.2, 0.25) is 0 Å². The Hall–Kier alpha value is -1.65. The van der Waals surface area contributed by atoms with Crippen molar-refractivity contribution in [1.82, 2.24) is 5.32 Å². The number of aliphatic hydroxyl groups excluding tert-OH is 1. The van der Waals surface area contributed by atoms with Crippen molar-refractivity contribution < 1.29 is 9.90 Å². The second kappa shape index (κ2) is 6.68. The molecule has 106 valence electrons. The molecular weight excluding hydrogens is 270 g/mol. The summed E-state index contributed by atoms with van der Waals surface area (Å²) in [4.78, 5) is 14.1. The van der Waals surface area contributed by atoms with Gasteiger partial charge in [0.2, 0.25) is 0 Å². The zero-order valence-corrected chi connectivity index (χ0v) is 12.5. The molecule has 2 N–H and O–H groups in total. The van der Waals surface area contributed by atoms with E-state index in [9.17, 15) is 9.90 Å². The number of nitrogens with one attached hydrogen (secondary N) is 1. The summed E-state index contributed by atoms with van der Waals surface area (Å²) in [7, 11) is 0. The minimum atomic E-state index is -0.365. The molecule has 0 saturated carbocycles. The van der Waals surface area contributed by atoms with Crippen LogP contribution in [0.3, 0.4) is 0 Å². The van der Waals surface area contributed by atoms with Gasteiger partial charge in [0.05, 0.1) is 17.5 Å². The maximum Gasteiger partial charge on any atom is 0.261 e. The van der Waals surface area contributed by atoms with Crippen LogP contribution in [0.25, 0.3) is 0 Å². The Morgan fingerprint density at radius 2 is 2.05 bits per heavy atom. The minimum absolute atomic E-state index is 0.110. The summed E-state index contributed by atoms with van der Waals surface area (Å²) in [5, 5.41) is 12.4. The van der Waals surface area contributed by atoms with Crippen molar-refractivity contribution in [3.63, 3.8) is 0 Å². The zero-order valence-electron chi connectivity index (χ0n) is 11.7. The number of aryl methyl sites for hydroxylation is 2. The number of benzene rings is 1.